The SMILES string of the molecule is Nc1cc(-c2ccc(C3CCCCC3)c(F)c2)[nH]n1. The third kappa shape index (κ3) is 2.48. The van der Waals surface area contributed by atoms with Gasteiger partial charge in [0.05, 0.1) is 5.69 Å². The van der Waals surface area contributed by atoms with E-state index in [4.69, 9.17) is 5.73 Å². The molecule has 1 heterocycles. The summed E-state index contributed by atoms with van der Waals surface area (Å²) >= 11 is 0. The Hall–Kier alpha value is -1.84. The van der Waals surface area contributed by atoms with Gasteiger partial charge in [0.25, 0.3) is 0 Å². The maximum absolute atomic E-state index is 14.3. The van der Waals surface area contributed by atoms with Crippen molar-refractivity contribution in [1.29, 1.82) is 0 Å². The average Bonchev–Trinajstić information content (AvgIpc) is 2.86. The van der Waals surface area contributed by atoms with Crippen molar-refractivity contribution in [1.82, 2.24) is 10.2 Å². The number of nitrogens with two attached hydrogens (primary N) is 1. The normalized spacial score (nSPS) is 16.7. The van der Waals surface area contributed by atoms with Crippen LogP contribution in [0.3, 0.4) is 0 Å². The summed E-state index contributed by atoms with van der Waals surface area (Å²) in [6.07, 6.45) is 5.91. The number of hydrogen-bond donors (Lipinski definition) is 2. The van der Waals surface area contributed by atoms with Gasteiger partial charge in [-0.25, -0.2) is 4.39 Å². The minimum atomic E-state index is -0.113. The van der Waals surface area contributed by atoms with Crippen LogP contribution < -0.4 is 5.73 Å². The molecule has 0 saturated heterocycles. The van der Waals surface area contributed by atoms with Crippen molar-refractivity contribution in [3.63, 3.8) is 0 Å². The van der Waals surface area contributed by atoms with Crippen LogP contribution in [0.4, 0.5) is 10.2 Å². The zero-order chi connectivity index (χ0) is 13.2. The van der Waals surface area contributed by atoms with E-state index in [0.717, 1.165) is 29.7 Å². The number of nitrogens with one attached hydrogen (secondary N) is 1. The lowest BCUT2D eigenvalue weighted by Crippen LogP contribution is -2.06. The van der Waals surface area contributed by atoms with Gasteiger partial charge in [-0.15, -0.1) is 0 Å². The molecule has 1 aliphatic rings. The second kappa shape index (κ2) is 5.03. The zero-order valence-corrected chi connectivity index (χ0v) is 10.8. The Bertz CT molecular complexity index is 571. The molecule has 1 fully saturated rings. The van der Waals surface area contributed by atoms with Gasteiger partial charge in [0.2, 0.25) is 0 Å². The molecule has 1 aromatic heterocycles. The molecule has 1 saturated carbocycles. The van der Waals surface area contributed by atoms with Crippen molar-refractivity contribution < 1.29 is 4.39 Å². The van der Waals surface area contributed by atoms with Crippen LogP contribution in [0.1, 0.15) is 43.6 Å². The molecule has 3 rings (SSSR count). The highest BCUT2D eigenvalue weighted by Crippen LogP contribution is 2.35. The lowest BCUT2D eigenvalue weighted by atomic mass is 9.83. The highest BCUT2D eigenvalue weighted by atomic mass is 19.1. The van der Waals surface area contributed by atoms with Gasteiger partial charge in [0.15, 0.2) is 0 Å². The van der Waals surface area contributed by atoms with Gasteiger partial charge in [-0.3, -0.25) is 5.10 Å². The lowest BCUT2D eigenvalue weighted by molar-refractivity contribution is 0.430. The van der Waals surface area contributed by atoms with Gasteiger partial charge in [-0.2, -0.15) is 5.10 Å². The molecule has 0 amide bonds. The van der Waals surface area contributed by atoms with Crippen LogP contribution in [0.5, 0.6) is 0 Å². The molecule has 1 aromatic carbocycles. The minimum absolute atomic E-state index is 0.113. The van der Waals surface area contributed by atoms with Crippen LogP contribution >= 0.6 is 0 Å². The average molecular weight is 259 g/mol. The Morgan fingerprint density at radius 1 is 1.16 bits per heavy atom. The van der Waals surface area contributed by atoms with Crippen molar-refractivity contribution >= 4 is 5.82 Å². The van der Waals surface area contributed by atoms with Gasteiger partial charge in [0, 0.05) is 11.6 Å². The molecule has 4 heteroatoms. The zero-order valence-electron chi connectivity index (χ0n) is 10.8. The predicted octanol–water partition coefficient (Wildman–Crippen LogP) is 3.85. The molecular formula is C15H18FN3. The van der Waals surface area contributed by atoms with Gasteiger partial charge in [-0.1, -0.05) is 31.4 Å². The van der Waals surface area contributed by atoms with E-state index in [2.05, 4.69) is 10.2 Å². The number of aromatic nitrogens is 2. The number of benzene rings is 1. The summed E-state index contributed by atoms with van der Waals surface area (Å²) in [6.45, 7) is 0. The highest BCUT2D eigenvalue weighted by molar-refractivity contribution is 5.62. The highest BCUT2D eigenvalue weighted by Gasteiger charge is 2.19. The van der Waals surface area contributed by atoms with Crippen molar-refractivity contribution in [3.8, 4) is 11.3 Å². The first-order valence-electron chi connectivity index (χ1n) is 6.85. The number of rotatable bonds is 2. The summed E-state index contributed by atoms with van der Waals surface area (Å²) in [5.41, 5.74) is 7.97. The van der Waals surface area contributed by atoms with E-state index >= 15 is 0 Å². The van der Waals surface area contributed by atoms with E-state index in [-0.39, 0.29) is 5.82 Å². The van der Waals surface area contributed by atoms with Crippen molar-refractivity contribution in [2.75, 3.05) is 5.73 Å². The van der Waals surface area contributed by atoms with Crippen LogP contribution in [0.2, 0.25) is 0 Å². The first-order valence-corrected chi connectivity index (χ1v) is 6.85. The molecule has 0 unspecified atom stereocenters. The van der Waals surface area contributed by atoms with Gasteiger partial charge in [0.1, 0.15) is 11.6 Å². The molecule has 0 atom stereocenters. The van der Waals surface area contributed by atoms with Crippen molar-refractivity contribution in [2.45, 2.75) is 38.0 Å². The van der Waals surface area contributed by atoms with Crippen molar-refractivity contribution in [2.24, 2.45) is 0 Å². The molecule has 2 aromatic rings. The smallest absolute Gasteiger partial charge is 0.145 e. The molecule has 0 aliphatic heterocycles. The third-order valence-corrected chi connectivity index (χ3v) is 3.95. The summed E-state index contributed by atoms with van der Waals surface area (Å²) < 4.78 is 14.3. The number of halogens is 1. The van der Waals surface area contributed by atoms with Gasteiger partial charge in [-0.05, 0) is 30.4 Å². The van der Waals surface area contributed by atoms with Crippen LogP contribution in [-0.2, 0) is 0 Å². The fourth-order valence-corrected chi connectivity index (χ4v) is 2.92. The molecule has 100 valence electrons. The first-order chi connectivity index (χ1) is 9.24. The predicted molar refractivity (Wildman–Crippen MR) is 74.2 cm³/mol. The third-order valence-electron chi connectivity index (χ3n) is 3.95. The number of nitrogens with zero attached hydrogens (tertiary/aromatic N) is 1. The number of aromatic amines is 1. The van der Waals surface area contributed by atoms with Gasteiger partial charge >= 0.3 is 0 Å². The maximum Gasteiger partial charge on any atom is 0.145 e. The Morgan fingerprint density at radius 3 is 2.58 bits per heavy atom. The molecule has 3 nitrogen and oxygen atoms in total. The lowest BCUT2D eigenvalue weighted by Gasteiger charge is -2.22. The Balaban J connectivity index is 1.89. The van der Waals surface area contributed by atoms with Crippen LogP contribution in [0.15, 0.2) is 24.3 Å². The van der Waals surface area contributed by atoms with E-state index in [0.29, 0.717) is 11.7 Å². The van der Waals surface area contributed by atoms with E-state index in [1.165, 1.54) is 19.3 Å². The first kappa shape index (κ1) is 12.2. The van der Waals surface area contributed by atoms with E-state index in [1.807, 2.05) is 12.1 Å². The van der Waals surface area contributed by atoms with Crippen LogP contribution in [0.25, 0.3) is 11.3 Å². The van der Waals surface area contributed by atoms with Gasteiger partial charge < -0.3 is 5.73 Å². The summed E-state index contributed by atoms with van der Waals surface area (Å²) in [5.74, 6) is 0.693. The quantitative estimate of drug-likeness (QED) is 0.860. The second-order valence-corrected chi connectivity index (χ2v) is 5.28. The molecular weight excluding hydrogens is 241 g/mol. The van der Waals surface area contributed by atoms with E-state index in [9.17, 15) is 4.39 Å². The summed E-state index contributed by atoms with van der Waals surface area (Å²) in [5, 5.41) is 6.67. The summed E-state index contributed by atoms with van der Waals surface area (Å²) in [6, 6.07) is 7.16. The molecule has 0 radical (unpaired) electrons. The largest absolute Gasteiger partial charge is 0.382 e. The number of H-pyrrole nitrogens is 1. The Labute approximate surface area is 112 Å². The van der Waals surface area contributed by atoms with Crippen LogP contribution in [-0.4, -0.2) is 10.2 Å². The molecule has 19 heavy (non-hydrogen) atoms. The second-order valence-electron chi connectivity index (χ2n) is 5.28. The standard InChI is InChI=1S/C15H18FN3/c16-13-8-11(14-9-15(17)19-18-14)6-7-12(13)10-4-2-1-3-5-10/h6-10H,1-5H2,(H3,17,18,19). The van der Waals surface area contributed by atoms with Crippen molar-refractivity contribution in [3.05, 3.63) is 35.6 Å². The molecule has 0 spiro atoms. The topological polar surface area (TPSA) is 54.7 Å². The number of nitrogen functional groups attached to an aromatic ring is 1. The molecule has 0 bridgehead atoms. The molecule has 3 N–H and O–H groups in total. The summed E-state index contributed by atoms with van der Waals surface area (Å²) in [7, 11) is 0. The Kier molecular flexibility index (Phi) is 3.23. The monoisotopic (exact) mass is 259 g/mol. The molecule has 1 aliphatic carbocycles. The number of anilines is 1. The Morgan fingerprint density at radius 2 is 1.95 bits per heavy atom. The fraction of sp³-hybridized carbons (Fsp3) is 0.400. The van der Waals surface area contributed by atoms with Crippen LogP contribution in [0, 0.1) is 5.82 Å². The van der Waals surface area contributed by atoms with E-state index in [1.54, 1.807) is 12.1 Å². The number of hydrogen-bond acceptors (Lipinski definition) is 2. The fourth-order valence-electron chi connectivity index (χ4n) is 2.92. The minimum Gasteiger partial charge on any atom is -0.382 e. The summed E-state index contributed by atoms with van der Waals surface area (Å²) in [4.78, 5) is 0. The van der Waals surface area contributed by atoms with E-state index < -0.39 is 0 Å². The maximum atomic E-state index is 14.3.